The van der Waals surface area contributed by atoms with Crippen LogP contribution in [0.5, 0.6) is 0 Å². The Hall–Kier alpha value is -4.39. The fourth-order valence-corrected chi connectivity index (χ4v) is 2.86. The van der Waals surface area contributed by atoms with Gasteiger partial charge >= 0.3 is 11.9 Å². The molecular formula is C24H20N2O5. The van der Waals surface area contributed by atoms with Crippen LogP contribution in [0.15, 0.2) is 66.7 Å². The normalized spacial score (nSPS) is 10.6. The van der Waals surface area contributed by atoms with Crippen LogP contribution in [0.2, 0.25) is 0 Å². The number of carboxylic acids is 2. The number of nitrogens with one attached hydrogen (secondary N) is 2. The lowest BCUT2D eigenvalue weighted by Crippen LogP contribution is -2.15. The Morgan fingerprint density at radius 3 is 1.90 bits per heavy atom. The van der Waals surface area contributed by atoms with Gasteiger partial charge in [-0.3, -0.25) is 4.79 Å². The van der Waals surface area contributed by atoms with Crippen LogP contribution in [0, 0.1) is 0 Å². The maximum atomic E-state index is 12.5. The number of amides is 1. The first-order valence-electron chi connectivity index (χ1n) is 9.35. The van der Waals surface area contributed by atoms with Crippen LogP contribution >= 0.6 is 0 Å². The number of carbonyl (C=O) groups is 3. The summed E-state index contributed by atoms with van der Waals surface area (Å²) in [4.78, 5) is 35.1. The first-order chi connectivity index (χ1) is 14.9. The smallest absolute Gasteiger partial charge is 0.337 e. The standard InChI is InChI=1S/C24H20N2O5/c1-25-19-11-9-17(10-12-19)22(27)26-21-13-6-16(14-20(21)24(30)31)3-2-15-4-7-18(8-5-15)23(28)29/h2-14,25H,1H3,(H,26,27)(H,28,29)(H,30,31)/b3-2+. The van der Waals surface area contributed by atoms with Gasteiger partial charge in [-0.2, -0.15) is 0 Å². The van der Waals surface area contributed by atoms with Gasteiger partial charge in [-0.1, -0.05) is 30.4 Å². The van der Waals surface area contributed by atoms with Crippen molar-refractivity contribution in [3.63, 3.8) is 0 Å². The zero-order valence-electron chi connectivity index (χ0n) is 16.6. The molecule has 0 radical (unpaired) electrons. The molecule has 31 heavy (non-hydrogen) atoms. The van der Waals surface area contributed by atoms with Gasteiger partial charge in [0.25, 0.3) is 5.91 Å². The molecular weight excluding hydrogens is 396 g/mol. The Labute approximate surface area is 178 Å². The van der Waals surface area contributed by atoms with E-state index >= 15 is 0 Å². The van der Waals surface area contributed by atoms with E-state index in [9.17, 15) is 19.5 Å². The van der Waals surface area contributed by atoms with Crippen LogP contribution in [0.25, 0.3) is 12.2 Å². The lowest BCUT2D eigenvalue weighted by Gasteiger charge is -2.10. The van der Waals surface area contributed by atoms with E-state index in [-0.39, 0.29) is 16.8 Å². The molecule has 156 valence electrons. The van der Waals surface area contributed by atoms with Crippen LogP contribution in [-0.2, 0) is 0 Å². The van der Waals surface area contributed by atoms with Crippen molar-refractivity contribution >= 4 is 41.4 Å². The fraction of sp³-hybridized carbons (Fsp3) is 0.0417. The summed E-state index contributed by atoms with van der Waals surface area (Å²) in [6, 6.07) is 17.8. The van der Waals surface area contributed by atoms with Crippen LogP contribution < -0.4 is 10.6 Å². The average Bonchev–Trinajstić information content (AvgIpc) is 2.78. The molecule has 3 rings (SSSR count). The molecule has 0 aliphatic heterocycles. The van der Waals surface area contributed by atoms with E-state index in [0.717, 1.165) is 11.3 Å². The molecule has 0 aliphatic carbocycles. The predicted molar refractivity (Wildman–Crippen MR) is 120 cm³/mol. The van der Waals surface area contributed by atoms with Crippen molar-refractivity contribution in [1.82, 2.24) is 0 Å². The minimum Gasteiger partial charge on any atom is -0.478 e. The largest absolute Gasteiger partial charge is 0.478 e. The molecule has 0 aromatic heterocycles. The number of rotatable bonds is 7. The van der Waals surface area contributed by atoms with Crippen molar-refractivity contribution in [2.45, 2.75) is 0 Å². The van der Waals surface area contributed by atoms with E-state index < -0.39 is 17.8 Å². The minimum atomic E-state index is -1.16. The maximum absolute atomic E-state index is 12.5. The van der Waals surface area contributed by atoms with Gasteiger partial charge in [0.1, 0.15) is 0 Å². The predicted octanol–water partition coefficient (Wildman–Crippen LogP) is 4.55. The first kappa shape index (κ1) is 21.3. The molecule has 0 fully saturated rings. The van der Waals surface area contributed by atoms with Gasteiger partial charge < -0.3 is 20.8 Å². The molecule has 0 atom stereocenters. The Kier molecular flexibility index (Phi) is 6.47. The highest BCUT2D eigenvalue weighted by Gasteiger charge is 2.14. The summed E-state index contributed by atoms with van der Waals surface area (Å²) < 4.78 is 0. The van der Waals surface area contributed by atoms with Crippen LogP contribution in [0.4, 0.5) is 11.4 Å². The van der Waals surface area contributed by atoms with Gasteiger partial charge in [0.15, 0.2) is 0 Å². The first-order valence-corrected chi connectivity index (χ1v) is 9.35. The van der Waals surface area contributed by atoms with Gasteiger partial charge in [-0.05, 0) is 59.7 Å². The number of benzene rings is 3. The number of hydrogen-bond donors (Lipinski definition) is 4. The lowest BCUT2D eigenvalue weighted by molar-refractivity contribution is 0.0686. The Balaban J connectivity index is 1.79. The highest BCUT2D eigenvalue weighted by molar-refractivity contribution is 6.08. The van der Waals surface area contributed by atoms with Crippen molar-refractivity contribution in [1.29, 1.82) is 0 Å². The highest BCUT2D eigenvalue weighted by atomic mass is 16.4. The van der Waals surface area contributed by atoms with E-state index in [0.29, 0.717) is 11.1 Å². The number of aromatic carboxylic acids is 2. The summed E-state index contributed by atoms with van der Waals surface area (Å²) in [5.41, 5.74) is 2.99. The second-order valence-electron chi connectivity index (χ2n) is 6.65. The molecule has 0 saturated heterocycles. The Morgan fingerprint density at radius 2 is 1.32 bits per heavy atom. The molecule has 3 aromatic rings. The topological polar surface area (TPSA) is 116 Å². The summed E-state index contributed by atoms with van der Waals surface area (Å²) in [7, 11) is 1.77. The quantitative estimate of drug-likeness (QED) is 0.420. The zero-order valence-corrected chi connectivity index (χ0v) is 16.6. The summed E-state index contributed by atoms with van der Waals surface area (Å²) in [5, 5.41) is 24.1. The van der Waals surface area contributed by atoms with Crippen LogP contribution in [-0.4, -0.2) is 35.1 Å². The number of carboxylic acid groups (broad SMARTS) is 2. The molecule has 0 heterocycles. The SMILES string of the molecule is CNc1ccc(C(=O)Nc2ccc(/C=C/c3ccc(C(=O)O)cc3)cc2C(=O)O)cc1. The van der Waals surface area contributed by atoms with Gasteiger partial charge in [0.2, 0.25) is 0 Å². The Bertz CT molecular complexity index is 1150. The minimum absolute atomic E-state index is 0.0384. The number of hydrogen-bond acceptors (Lipinski definition) is 4. The molecule has 0 spiro atoms. The van der Waals surface area contributed by atoms with E-state index in [1.54, 1.807) is 61.7 Å². The van der Waals surface area contributed by atoms with Gasteiger partial charge in [-0.25, -0.2) is 9.59 Å². The third kappa shape index (κ3) is 5.36. The fourth-order valence-electron chi connectivity index (χ4n) is 2.86. The molecule has 7 heteroatoms. The van der Waals surface area contributed by atoms with Crippen molar-refractivity contribution in [3.8, 4) is 0 Å². The molecule has 0 unspecified atom stereocenters. The number of carbonyl (C=O) groups excluding carboxylic acids is 1. The second-order valence-corrected chi connectivity index (χ2v) is 6.65. The summed E-state index contributed by atoms with van der Waals surface area (Å²) >= 11 is 0. The van der Waals surface area contributed by atoms with E-state index in [2.05, 4.69) is 10.6 Å². The maximum Gasteiger partial charge on any atom is 0.337 e. The molecule has 0 bridgehead atoms. The monoisotopic (exact) mass is 416 g/mol. The van der Waals surface area contributed by atoms with Crippen molar-refractivity contribution in [3.05, 3.63) is 94.5 Å². The number of anilines is 2. The van der Waals surface area contributed by atoms with E-state index in [1.807, 2.05) is 0 Å². The van der Waals surface area contributed by atoms with Crippen LogP contribution in [0.1, 0.15) is 42.2 Å². The Morgan fingerprint density at radius 1 is 0.742 bits per heavy atom. The average molecular weight is 416 g/mol. The summed E-state index contributed by atoms with van der Waals surface area (Å²) in [6.45, 7) is 0. The zero-order chi connectivity index (χ0) is 22.4. The van der Waals surface area contributed by atoms with Crippen molar-refractivity contribution in [2.75, 3.05) is 17.7 Å². The van der Waals surface area contributed by atoms with Crippen molar-refractivity contribution in [2.24, 2.45) is 0 Å². The van der Waals surface area contributed by atoms with Gasteiger partial charge in [-0.15, -0.1) is 0 Å². The third-order valence-electron chi connectivity index (χ3n) is 4.58. The molecule has 1 amide bonds. The van der Waals surface area contributed by atoms with Crippen molar-refractivity contribution < 1.29 is 24.6 Å². The van der Waals surface area contributed by atoms with Gasteiger partial charge in [0, 0.05) is 18.3 Å². The van der Waals surface area contributed by atoms with E-state index in [1.165, 1.54) is 24.3 Å². The molecule has 4 N–H and O–H groups in total. The summed E-state index contributed by atoms with van der Waals surface area (Å²) in [6.07, 6.45) is 3.46. The molecule has 0 saturated carbocycles. The van der Waals surface area contributed by atoms with Crippen LogP contribution in [0.3, 0.4) is 0 Å². The third-order valence-corrected chi connectivity index (χ3v) is 4.58. The highest BCUT2D eigenvalue weighted by Crippen LogP contribution is 2.21. The molecule has 3 aromatic carbocycles. The summed E-state index contributed by atoms with van der Waals surface area (Å²) in [5.74, 6) is -2.58. The van der Waals surface area contributed by atoms with Gasteiger partial charge in [0.05, 0.1) is 16.8 Å². The molecule has 0 aliphatic rings. The van der Waals surface area contributed by atoms with E-state index in [4.69, 9.17) is 5.11 Å². The molecule has 7 nitrogen and oxygen atoms in total. The second kappa shape index (κ2) is 9.41. The lowest BCUT2D eigenvalue weighted by atomic mass is 10.1.